The molecule has 2 aliphatic heterocycles. The van der Waals surface area contributed by atoms with E-state index in [2.05, 4.69) is 9.97 Å². The van der Waals surface area contributed by atoms with Gasteiger partial charge in [-0.3, -0.25) is 0 Å². The average Bonchev–Trinajstić information content (AvgIpc) is 2.97. The van der Waals surface area contributed by atoms with Gasteiger partial charge < -0.3 is 14.0 Å². The largest absolute Gasteiger partial charge is 0.498 e. The van der Waals surface area contributed by atoms with Crippen LogP contribution < -0.4 is 10.2 Å². The summed E-state index contributed by atoms with van der Waals surface area (Å²) in [6, 6.07) is 0.433. The Morgan fingerprint density at radius 2 is 1.81 bits per heavy atom. The molecular weight excluding hydrogens is 287 g/mol. The molecule has 1 atom stereocenters. The van der Waals surface area contributed by atoms with Crippen LogP contribution in [-0.2, 0) is 9.31 Å². The van der Waals surface area contributed by atoms with E-state index < -0.39 is 7.12 Å². The summed E-state index contributed by atoms with van der Waals surface area (Å²) in [4.78, 5) is 8.56. The minimum Gasteiger partial charge on any atom is -0.459 e. The third kappa shape index (κ3) is 3.05. The van der Waals surface area contributed by atoms with Gasteiger partial charge in [0, 0.05) is 23.6 Å². The fraction of sp³-hybridized carbons (Fsp3) is 0.714. The molecule has 0 unspecified atom stereocenters. The first-order valence-electron chi connectivity index (χ1n) is 7.29. The van der Waals surface area contributed by atoms with Crippen LogP contribution in [0.3, 0.4) is 0 Å². The highest BCUT2D eigenvalue weighted by atomic mass is 32.2. The Balaban J connectivity index is 1.67. The maximum Gasteiger partial charge on any atom is 0.498 e. The van der Waals surface area contributed by atoms with Crippen molar-refractivity contribution in [2.45, 2.75) is 51.4 Å². The van der Waals surface area contributed by atoms with Crippen LogP contribution in [0.5, 0.6) is 6.01 Å². The van der Waals surface area contributed by atoms with Gasteiger partial charge in [-0.1, -0.05) is 0 Å². The number of thioether (sulfide) groups is 1. The van der Waals surface area contributed by atoms with E-state index in [0.29, 0.717) is 6.01 Å². The molecule has 0 aromatic carbocycles. The molecule has 2 saturated heterocycles. The first-order chi connectivity index (χ1) is 9.87. The molecule has 1 aromatic rings. The van der Waals surface area contributed by atoms with Crippen LogP contribution in [0.15, 0.2) is 12.4 Å². The van der Waals surface area contributed by atoms with Gasteiger partial charge in [0.15, 0.2) is 0 Å². The summed E-state index contributed by atoms with van der Waals surface area (Å²) < 4.78 is 17.7. The van der Waals surface area contributed by atoms with Crippen LogP contribution in [0.25, 0.3) is 0 Å². The zero-order valence-corrected chi connectivity index (χ0v) is 13.8. The summed E-state index contributed by atoms with van der Waals surface area (Å²) in [6.07, 6.45) is 4.75. The smallest absolute Gasteiger partial charge is 0.459 e. The summed E-state index contributed by atoms with van der Waals surface area (Å²) in [5.41, 5.74) is 0.115. The van der Waals surface area contributed by atoms with Gasteiger partial charge in [0.05, 0.1) is 11.2 Å². The van der Waals surface area contributed by atoms with Crippen molar-refractivity contribution in [1.82, 2.24) is 9.97 Å². The van der Waals surface area contributed by atoms with Gasteiger partial charge >= 0.3 is 13.1 Å². The molecule has 0 radical (unpaired) electrons. The molecular formula is C14H21BN2O3S. The first-order valence-corrected chi connectivity index (χ1v) is 8.45. The minimum atomic E-state index is -0.425. The minimum absolute atomic E-state index is 0.234. The van der Waals surface area contributed by atoms with Crippen LogP contribution >= 0.6 is 11.8 Å². The van der Waals surface area contributed by atoms with Crippen LogP contribution in [0.1, 0.15) is 34.1 Å². The highest BCUT2D eigenvalue weighted by Crippen LogP contribution is 2.36. The lowest BCUT2D eigenvalue weighted by Crippen LogP contribution is -2.41. The molecule has 0 N–H and O–H groups in total. The summed E-state index contributed by atoms with van der Waals surface area (Å²) in [5, 5.41) is 0. The number of rotatable bonds is 3. The van der Waals surface area contributed by atoms with E-state index in [1.807, 2.05) is 39.5 Å². The van der Waals surface area contributed by atoms with E-state index in [1.54, 1.807) is 12.4 Å². The Kier molecular flexibility index (Phi) is 3.92. The van der Waals surface area contributed by atoms with E-state index in [9.17, 15) is 0 Å². The maximum absolute atomic E-state index is 5.98. The zero-order chi connectivity index (χ0) is 15.1. The molecule has 0 amide bonds. The quantitative estimate of drug-likeness (QED) is 0.792. The van der Waals surface area contributed by atoms with Crippen molar-refractivity contribution < 1.29 is 14.0 Å². The van der Waals surface area contributed by atoms with Gasteiger partial charge in [0.25, 0.3) is 0 Å². The fourth-order valence-corrected chi connectivity index (χ4v) is 3.34. The monoisotopic (exact) mass is 308 g/mol. The van der Waals surface area contributed by atoms with Crippen molar-refractivity contribution in [2.24, 2.45) is 0 Å². The zero-order valence-electron chi connectivity index (χ0n) is 13.0. The van der Waals surface area contributed by atoms with E-state index in [-0.39, 0.29) is 17.3 Å². The lowest BCUT2D eigenvalue weighted by atomic mass is 9.81. The molecule has 21 heavy (non-hydrogen) atoms. The van der Waals surface area contributed by atoms with Crippen LogP contribution in [-0.4, -0.2) is 45.9 Å². The number of aromatic nitrogens is 2. The SMILES string of the molecule is CC1(C)OB(c2cnc(O[C@@H]3CCSC3)nc2)OC1(C)C. The lowest BCUT2D eigenvalue weighted by Gasteiger charge is -2.32. The standard InChI is InChI=1S/C14H21BN2O3S/c1-13(2)14(3,4)20-15(19-13)10-7-16-12(17-8-10)18-11-5-6-21-9-11/h7-8,11H,5-6,9H2,1-4H3/t11-/m1/s1. The number of hydrogen-bond donors (Lipinski definition) is 0. The normalized spacial score (nSPS) is 27.0. The summed E-state index contributed by atoms with van der Waals surface area (Å²) in [5.74, 6) is 2.17. The van der Waals surface area contributed by atoms with Crippen LogP contribution in [0.4, 0.5) is 0 Å². The van der Waals surface area contributed by atoms with Gasteiger partial charge in [-0.05, 0) is 39.9 Å². The van der Waals surface area contributed by atoms with Gasteiger partial charge in [0.1, 0.15) is 6.10 Å². The predicted molar refractivity (Wildman–Crippen MR) is 84.1 cm³/mol. The highest BCUT2D eigenvalue weighted by Gasteiger charge is 2.51. The molecule has 2 aliphatic rings. The van der Waals surface area contributed by atoms with E-state index in [4.69, 9.17) is 14.0 Å². The van der Waals surface area contributed by atoms with E-state index in [0.717, 1.165) is 23.4 Å². The van der Waals surface area contributed by atoms with Gasteiger partial charge in [-0.2, -0.15) is 11.8 Å². The Morgan fingerprint density at radius 1 is 1.19 bits per heavy atom. The van der Waals surface area contributed by atoms with Crippen molar-refractivity contribution in [1.29, 1.82) is 0 Å². The van der Waals surface area contributed by atoms with Gasteiger partial charge in [-0.25, -0.2) is 9.97 Å². The number of ether oxygens (including phenoxy) is 1. The Hall–Kier alpha value is -0.785. The molecule has 7 heteroatoms. The average molecular weight is 308 g/mol. The Morgan fingerprint density at radius 3 is 2.33 bits per heavy atom. The second-order valence-corrected chi connectivity index (χ2v) is 7.64. The highest BCUT2D eigenvalue weighted by molar-refractivity contribution is 7.99. The molecule has 5 nitrogen and oxygen atoms in total. The van der Waals surface area contributed by atoms with Crippen LogP contribution in [0, 0.1) is 0 Å². The molecule has 1 aromatic heterocycles. The number of nitrogens with zero attached hydrogens (tertiary/aromatic N) is 2. The molecule has 0 aliphatic carbocycles. The molecule has 114 valence electrons. The molecule has 0 saturated carbocycles. The number of hydrogen-bond acceptors (Lipinski definition) is 6. The van der Waals surface area contributed by atoms with Crippen molar-refractivity contribution in [3.63, 3.8) is 0 Å². The molecule has 3 heterocycles. The van der Waals surface area contributed by atoms with Crippen molar-refractivity contribution >= 4 is 24.3 Å². The summed E-state index contributed by atoms with van der Waals surface area (Å²) in [6.45, 7) is 8.12. The maximum atomic E-state index is 5.98. The van der Waals surface area contributed by atoms with Crippen LogP contribution in [0.2, 0.25) is 0 Å². The molecule has 2 fully saturated rings. The third-order valence-electron chi connectivity index (χ3n) is 4.33. The second kappa shape index (κ2) is 5.45. The van der Waals surface area contributed by atoms with Crippen molar-refractivity contribution in [3.05, 3.63) is 12.4 Å². The fourth-order valence-electron chi connectivity index (χ4n) is 2.24. The van der Waals surface area contributed by atoms with E-state index in [1.165, 1.54) is 0 Å². The second-order valence-electron chi connectivity index (χ2n) is 6.49. The molecule has 3 rings (SSSR count). The lowest BCUT2D eigenvalue weighted by molar-refractivity contribution is 0.00578. The topological polar surface area (TPSA) is 53.5 Å². The Bertz CT molecular complexity index is 487. The first kappa shape index (κ1) is 15.1. The van der Waals surface area contributed by atoms with Crippen molar-refractivity contribution in [3.8, 4) is 6.01 Å². The van der Waals surface area contributed by atoms with Gasteiger partial charge in [0.2, 0.25) is 0 Å². The molecule has 0 spiro atoms. The van der Waals surface area contributed by atoms with Crippen molar-refractivity contribution in [2.75, 3.05) is 11.5 Å². The predicted octanol–water partition coefficient (Wildman–Crippen LogP) is 1.66. The van der Waals surface area contributed by atoms with Gasteiger partial charge in [-0.15, -0.1) is 0 Å². The summed E-state index contributed by atoms with van der Waals surface area (Å²) >= 11 is 1.90. The Labute approximate surface area is 130 Å². The van der Waals surface area contributed by atoms with E-state index >= 15 is 0 Å². The third-order valence-corrected chi connectivity index (χ3v) is 5.47. The molecule has 0 bridgehead atoms. The summed E-state index contributed by atoms with van der Waals surface area (Å²) in [7, 11) is -0.425.